The summed E-state index contributed by atoms with van der Waals surface area (Å²) in [5.74, 6) is 0.562. The number of aliphatic hydroxyl groups excluding tert-OH is 1. The average molecular weight is 281 g/mol. The van der Waals surface area contributed by atoms with Gasteiger partial charge in [0, 0.05) is 23.2 Å². The summed E-state index contributed by atoms with van der Waals surface area (Å²) in [6.45, 7) is 0.0892. The average Bonchev–Trinajstić information content (AvgIpc) is 2.57. The van der Waals surface area contributed by atoms with Crippen molar-refractivity contribution in [3.8, 4) is 0 Å². The van der Waals surface area contributed by atoms with Gasteiger partial charge in [0.15, 0.2) is 0 Å². The first kappa shape index (κ1) is 14.2. The normalized spacial score (nSPS) is 22.0. The van der Waals surface area contributed by atoms with Gasteiger partial charge >= 0.3 is 0 Å². The minimum absolute atomic E-state index is 0.0892. The number of benzene rings is 2. The summed E-state index contributed by atoms with van der Waals surface area (Å²) in [5.41, 5.74) is 3.49. The molecular formula is C19H23NO. The first-order valence-electron chi connectivity index (χ1n) is 7.88. The van der Waals surface area contributed by atoms with E-state index in [2.05, 4.69) is 41.7 Å². The summed E-state index contributed by atoms with van der Waals surface area (Å²) in [5, 5.41) is 13.2. The van der Waals surface area contributed by atoms with Crippen LogP contribution in [-0.4, -0.2) is 11.1 Å². The van der Waals surface area contributed by atoms with Crippen LogP contribution in [0.1, 0.15) is 42.7 Å². The summed E-state index contributed by atoms with van der Waals surface area (Å²) in [6, 6.07) is 19.3. The molecule has 0 radical (unpaired) electrons. The molecule has 2 aromatic rings. The highest BCUT2D eigenvalue weighted by Crippen LogP contribution is 2.35. The molecule has 0 bridgehead atoms. The fourth-order valence-electron chi connectivity index (χ4n) is 3.40. The predicted molar refractivity (Wildman–Crippen MR) is 87.4 cm³/mol. The molecule has 1 aliphatic rings. The zero-order valence-electron chi connectivity index (χ0n) is 12.3. The van der Waals surface area contributed by atoms with Gasteiger partial charge in [-0.2, -0.15) is 0 Å². The molecule has 0 aromatic heterocycles. The smallest absolute Gasteiger partial charge is 0.0701 e. The third kappa shape index (κ3) is 3.27. The van der Waals surface area contributed by atoms with E-state index in [9.17, 15) is 5.11 Å². The minimum Gasteiger partial charge on any atom is -0.392 e. The number of nitrogens with one attached hydrogen (secondary N) is 1. The van der Waals surface area contributed by atoms with Gasteiger partial charge in [-0.25, -0.2) is 0 Å². The fourth-order valence-corrected chi connectivity index (χ4v) is 3.40. The van der Waals surface area contributed by atoms with Crippen molar-refractivity contribution in [2.45, 2.75) is 44.2 Å². The minimum atomic E-state index is 0.0892. The lowest BCUT2D eigenvalue weighted by Crippen LogP contribution is -2.31. The van der Waals surface area contributed by atoms with E-state index in [-0.39, 0.29) is 6.61 Å². The molecular weight excluding hydrogens is 258 g/mol. The van der Waals surface area contributed by atoms with Gasteiger partial charge in [0.2, 0.25) is 0 Å². The van der Waals surface area contributed by atoms with E-state index in [4.69, 9.17) is 0 Å². The topological polar surface area (TPSA) is 32.3 Å². The third-order valence-corrected chi connectivity index (χ3v) is 4.52. The second-order valence-corrected chi connectivity index (χ2v) is 5.87. The Bertz CT molecular complexity index is 567. The molecule has 2 nitrogen and oxygen atoms in total. The molecule has 2 unspecified atom stereocenters. The number of hydrogen-bond donors (Lipinski definition) is 2. The van der Waals surface area contributed by atoms with Crippen LogP contribution in [0.2, 0.25) is 0 Å². The van der Waals surface area contributed by atoms with Gasteiger partial charge in [-0.05, 0) is 24.5 Å². The second-order valence-electron chi connectivity index (χ2n) is 5.87. The molecule has 110 valence electrons. The van der Waals surface area contributed by atoms with Crippen molar-refractivity contribution >= 4 is 5.69 Å². The standard InChI is InChI=1S/C19H23NO/c21-14-16-10-4-6-12-18(16)20-19-13-7-5-11-17(19)15-8-2-1-3-9-15/h1-4,6,8-10,12,17,19-21H,5,7,11,13-14H2. The van der Waals surface area contributed by atoms with Gasteiger partial charge in [-0.3, -0.25) is 0 Å². The summed E-state index contributed by atoms with van der Waals surface area (Å²) in [6.07, 6.45) is 5.02. The molecule has 2 N–H and O–H groups in total. The molecule has 0 amide bonds. The molecule has 0 saturated heterocycles. The highest BCUT2D eigenvalue weighted by molar-refractivity contribution is 5.52. The van der Waals surface area contributed by atoms with Gasteiger partial charge in [-0.15, -0.1) is 0 Å². The molecule has 1 aliphatic carbocycles. The molecule has 2 aromatic carbocycles. The Labute approximate surface area is 126 Å². The molecule has 0 spiro atoms. The van der Waals surface area contributed by atoms with E-state index in [0.717, 1.165) is 11.3 Å². The Morgan fingerprint density at radius 3 is 2.43 bits per heavy atom. The van der Waals surface area contributed by atoms with Crippen LogP contribution in [0.5, 0.6) is 0 Å². The maximum Gasteiger partial charge on any atom is 0.0701 e. The van der Waals surface area contributed by atoms with E-state index in [0.29, 0.717) is 12.0 Å². The molecule has 2 atom stereocenters. The van der Waals surface area contributed by atoms with Crippen LogP contribution in [-0.2, 0) is 6.61 Å². The number of rotatable bonds is 4. The Hall–Kier alpha value is -1.80. The van der Waals surface area contributed by atoms with Crippen molar-refractivity contribution in [2.75, 3.05) is 5.32 Å². The molecule has 1 saturated carbocycles. The molecule has 0 heterocycles. The Kier molecular flexibility index (Phi) is 4.56. The van der Waals surface area contributed by atoms with Crippen LogP contribution in [0.3, 0.4) is 0 Å². The molecule has 2 heteroatoms. The zero-order valence-corrected chi connectivity index (χ0v) is 12.3. The van der Waals surface area contributed by atoms with E-state index in [1.807, 2.05) is 18.2 Å². The fraction of sp³-hybridized carbons (Fsp3) is 0.368. The first-order valence-corrected chi connectivity index (χ1v) is 7.88. The summed E-state index contributed by atoms with van der Waals surface area (Å²) in [4.78, 5) is 0. The number of para-hydroxylation sites is 1. The zero-order chi connectivity index (χ0) is 14.5. The maximum absolute atomic E-state index is 9.49. The van der Waals surface area contributed by atoms with E-state index >= 15 is 0 Å². The molecule has 3 rings (SSSR count). The van der Waals surface area contributed by atoms with Crippen LogP contribution in [0.15, 0.2) is 54.6 Å². The number of aliphatic hydroxyl groups is 1. The second kappa shape index (κ2) is 6.77. The Morgan fingerprint density at radius 1 is 0.905 bits per heavy atom. The van der Waals surface area contributed by atoms with E-state index in [1.54, 1.807) is 0 Å². The van der Waals surface area contributed by atoms with E-state index < -0.39 is 0 Å². The highest BCUT2D eigenvalue weighted by Gasteiger charge is 2.26. The Morgan fingerprint density at radius 2 is 1.62 bits per heavy atom. The SMILES string of the molecule is OCc1ccccc1NC1CCCCC1c1ccccc1. The summed E-state index contributed by atoms with van der Waals surface area (Å²) in [7, 11) is 0. The van der Waals surface area contributed by atoms with Gasteiger partial charge in [0.25, 0.3) is 0 Å². The lowest BCUT2D eigenvalue weighted by molar-refractivity contribution is 0.282. The first-order chi connectivity index (χ1) is 10.4. The quantitative estimate of drug-likeness (QED) is 0.875. The van der Waals surface area contributed by atoms with Crippen molar-refractivity contribution in [1.29, 1.82) is 0 Å². The monoisotopic (exact) mass is 281 g/mol. The Balaban J connectivity index is 1.82. The third-order valence-electron chi connectivity index (χ3n) is 4.52. The summed E-state index contributed by atoms with van der Waals surface area (Å²) < 4.78 is 0. The van der Waals surface area contributed by atoms with Gasteiger partial charge < -0.3 is 10.4 Å². The van der Waals surface area contributed by atoms with Crippen LogP contribution >= 0.6 is 0 Å². The van der Waals surface area contributed by atoms with Crippen LogP contribution < -0.4 is 5.32 Å². The summed E-state index contributed by atoms with van der Waals surface area (Å²) >= 11 is 0. The van der Waals surface area contributed by atoms with Gasteiger partial charge in [-0.1, -0.05) is 61.4 Å². The predicted octanol–water partition coefficient (Wildman–Crippen LogP) is 4.32. The van der Waals surface area contributed by atoms with Crippen LogP contribution in [0.25, 0.3) is 0 Å². The largest absolute Gasteiger partial charge is 0.392 e. The lowest BCUT2D eigenvalue weighted by atomic mass is 9.80. The number of anilines is 1. The molecule has 21 heavy (non-hydrogen) atoms. The van der Waals surface area contributed by atoms with Crippen molar-refractivity contribution in [1.82, 2.24) is 0 Å². The maximum atomic E-state index is 9.49. The van der Waals surface area contributed by atoms with Crippen molar-refractivity contribution in [2.24, 2.45) is 0 Å². The molecule has 0 aliphatic heterocycles. The van der Waals surface area contributed by atoms with Crippen LogP contribution in [0.4, 0.5) is 5.69 Å². The van der Waals surface area contributed by atoms with Crippen molar-refractivity contribution < 1.29 is 5.11 Å². The molecule has 1 fully saturated rings. The van der Waals surface area contributed by atoms with Gasteiger partial charge in [0.05, 0.1) is 6.61 Å². The highest BCUT2D eigenvalue weighted by atomic mass is 16.3. The van der Waals surface area contributed by atoms with E-state index in [1.165, 1.54) is 31.2 Å². The number of hydrogen-bond acceptors (Lipinski definition) is 2. The van der Waals surface area contributed by atoms with Crippen molar-refractivity contribution in [3.05, 3.63) is 65.7 Å². The lowest BCUT2D eigenvalue weighted by Gasteiger charge is -2.34. The van der Waals surface area contributed by atoms with Crippen LogP contribution in [0, 0.1) is 0 Å². The van der Waals surface area contributed by atoms with Gasteiger partial charge in [0.1, 0.15) is 0 Å². The van der Waals surface area contributed by atoms with Crippen molar-refractivity contribution in [3.63, 3.8) is 0 Å².